The van der Waals surface area contributed by atoms with Gasteiger partial charge < -0.3 is 14.8 Å². The number of carbonyl (C=O) groups is 1. The van der Waals surface area contributed by atoms with Crippen molar-refractivity contribution < 1.29 is 22.7 Å². The summed E-state index contributed by atoms with van der Waals surface area (Å²) < 4.78 is 37.8. The first-order chi connectivity index (χ1) is 15.1. The summed E-state index contributed by atoms with van der Waals surface area (Å²) in [5.41, 5.74) is 2.45. The lowest BCUT2D eigenvalue weighted by molar-refractivity contribution is -0.111. The molecule has 7 nitrogen and oxygen atoms in total. The Morgan fingerprint density at radius 1 is 1.09 bits per heavy atom. The Labute approximate surface area is 190 Å². The van der Waals surface area contributed by atoms with Gasteiger partial charge in [-0.15, -0.1) is 0 Å². The quantitative estimate of drug-likeness (QED) is 0.668. The summed E-state index contributed by atoms with van der Waals surface area (Å²) in [6.07, 6.45) is 3.12. The van der Waals surface area contributed by atoms with Crippen molar-refractivity contribution in [2.75, 3.05) is 38.7 Å². The highest BCUT2D eigenvalue weighted by Gasteiger charge is 2.27. The van der Waals surface area contributed by atoms with Crippen LogP contribution in [-0.4, -0.2) is 52.0 Å². The lowest BCUT2D eigenvalue weighted by atomic mass is 9.87. The highest BCUT2D eigenvalue weighted by atomic mass is 32.2. The number of nitrogens with one attached hydrogen (secondary N) is 1. The molecule has 1 heterocycles. The van der Waals surface area contributed by atoms with Gasteiger partial charge in [0, 0.05) is 19.2 Å². The van der Waals surface area contributed by atoms with E-state index in [-0.39, 0.29) is 16.2 Å². The second-order valence-corrected chi connectivity index (χ2v) is 10.5. The molecule has 2 aromatic rings. The smallest absolute Gasteiger partial charge is 0.248 e. The van der Waals surface area contributed by atoms with Crippen molar-refractivity contribution in [3.63, 3.8) is 0 Å². The van der Waals surface area contributed by atoms with Gasteiger partial charge in [-0.05, 0) is 40.8 Å². The van der Waals surface area contributed by atoms with E-state index < -0.39 is 10.0 Å². The molecule has 1 aliphatic heterocycles. The number of benzene rings is 2. The minimum absolute atomic E-state index is 0.0583. The van der Waals surface area contributed by atoms with Gasteiger partial charge in [-0.1, -0.05) is 45.0 Å². The number of rotatable bonds is 6. The number of ether oxygens (including phenoxy) is 2. The van der Waals surface area contributed by atoms with Gasteiger partial charge in [0.1, 0.15) is 5.75 Å². The first-order valence-electron chi connectivity index (χ1n) is 10.5. The third kappa shape index (κ3) is 5.76. The number of carbonyl (C=O) groups excluding carboxylic acids is 1. The van der Waals surface area contributed by atoms with E-state index in [0.717, 1.165) is 5.56 Å². The summed E-state index contributed by atoms with van der Waals surface area (Å²) in [4.78, 5) is 12.6. The minimum Gasteiger partial charge on any atom is -0.495 e. The zero-order valence-electron chi connectivity index (χ0n) is 18.9. The zero-order chi connectivity index (χ0) is 23.4. The molecule has 0 bridgehead atoms. The molecular weight excluding hydrogens is 428 g/mol. The van der Waals surface area contributed by atoms with Gasteiger partial charge in [0.15, 0.2) is 0 Å². The molecule has 1 amide bonds. The van der Waals surface area contributed by atoms with Crippen molar-refractivity contribution in [3.05, 3.63) is 59.7 Å². The molecule has 0 aliphatic carbocycles. The molecule has 8 heteroatoms. The maximum absolute atomic E-state index is 12.9. The van der Waals surface area contributed by atoms with Crippen molar-refractivity contribution in [3.8, 4) is 5.75 Å². The summed E-state index contributed by atoms with van der Waals surface area (Å²) in [6.45, 7) is 7.75. The zero-order valence-corrected chi connectivity index (χ0v) is 19.7. The maximum atomic E-state index is 12.9. The Bertz CT molecular complexity index is 1080. The largest absolute Gasteiger partial charge is 0.495 e. The van der Waals surface area contributed by atoms with Crippen LogP contribution in [0.15, 0.2) is 53.4 Å². The van der Waals surface area contributed by atoms with Crippen molar-refractivity contribution in [1.29, 1.82) is 0 Å². The predicted molar refractivity (Wildman–Crippen MR) is 125 cm³/mol. The molecule has 0 radical (unpaired) electrons. The molecule has 0 aromatic heterocycles. The highest BCUT2D eigenvalue weighted by molar-refractivity contribution is 7.89. The van der Waals surface area contributed by atoms with Gasteiger partial charge in [0.05, 0.1) is 30.9 Å². The van der Waals surface area contributed by atoms with Crippen molar-refractivity contribution in [1.82, 2.24) is 4.31 Å². The van der Waals surface area contributed by atoms with Gasteiger partial charge in [-0.2, -0.15) is 4.31 Å². The summed E-state index contributed by atoms with van der Waals surface area (Å²) in [6, 6.07) is 12.4. The second-order valence-electron chi connectivity index (χ2n) is 8.57. The number of hydrogen-bond acceptors (Lipinski definition) is 5. The normalized spacial score (nSPS) is 15.6. The number of methoxy groups -OCH3 is 1. The standard InChI is InChI=1S/C24H30N2O5S/c1-24(2,3)19-8-5-18(6-9-19)7-12-23(27)25-21-17-20(10-11-22(21)30-4)32(28,29)26-13-15-31-16-14-26/h5-12,17H,13-16H2,1-4H3,(H,25,27). The number of nitrogens with zero attached hydrogens (tertiary/aromatic N) is 1. The fourth-order valence-corrected chi connectivity index (χ4v) is 4.76. The van der Waals surface area contributed by atoms with E-state index in [2.05, 4.69) is 26.1 Å². The number of morpholine rings is 1. The highest BCUT2D eigenvalue weighted by Crippen LogP contribution is 2.29. The Morgan fingerprint density at radius 3 is 2.34 bits per heavy atom. The van der Waals surface area contributed by atoms with E-state index in [0.29, 0.717) is 37.7 Å². The molecule has 172 valence electrons. The van der Waals surface area contributed by atoms with Crippen molar-refractivity contribution in [2.45, 2.75) is 31.1 Å². The van der Waals surface area contributed by atoms with E-state index >= 15 is 0 Å². The van der Waals surface area contributed by atoms with Crippen LogP contribution in [0.25, 0.3) is 6.08 Å². The van der Waals surface area contributed by atoms with E-state index in [1.165, 1.54) is 41.3 Å². The van der Waals surface area contributed by atoms with Crippen LogP contribution in [-0.2, 0) is 25.0 Å². The number of amides is 1. The SMILES string of the molecule is COc1ccc(S(=O)(=O)N2CCOCC2)cc1NC(=O)C=Cc1ccc(C(C)(C)C)cc1. The van der Waals surface area contributed by atoms with Gasteiger partial charge in [-0.25, -0.2) is 8.42 Å². The van der Waals surface area contributed by atoms with Gasteiger partial charge in [0.25, 0.3) is 0 Å². The lowest BCUT2D eigenvalue weighted by Gasteiger charge is -2.26. The van der Waals surface area contributed by atoms with Crippen LogP contribution in [0, 0.1) is 0 Å². The van der Waals surface area contributed by atoms with Crippen molar-refractivity contribution in [2.24, 2.45) is 0 Å². The van der Waals surface area contributed by atoms with Gasteiger partial charge >= 0.3 is 0 Å². The van der Waals surface area contributed by atoms with Gasteiger partial charge in [0.2, 0.25) is 15.9 Å². The summed E-state index contributed by atoms with van der Waals surface area (Å²) in [5.74, 6) is -0.00803. The summed E-state index contributed by atoms with van der Waals surface area (Å²) in [5, 5.41) is 2.72. The van der Waals surface area contributed by atoms with Crippen LogP contribution < -0.4 is 10.1 Å². The average molecular weight is 459 g/mol. The molecule has 1 fully saturated rings. The van der Waals surface area contributed by atoms with Crippen LogP contribution in [0.4, 0.5) is 5.69 Å². The Kier molecular flexibility index (Phi) is 7.38. The number of anilines is 1. The molecule has 3 rings (SSSR count). The molecule has 0 saturated carbocycles. The maximum Gasteiger partial charge on any atom is 0.248 e. The monoisotopic (exact) mass is 458 g/mol. The molecule has 1 saturated heterocycles. The number of sulfonamides is 1. The molecule has 2 aromatic carbocycles. The molecular formula is C24H30N2O5S. The van der Waals surface area contributed by atoms with E-state index in [1.54, 1.807) is 6.08 Å². The Morgan fingerprint density at radius 2 is 1.75 bits per heavy atom. The van der Waals surface area contributed by atoms with E-state index in [4.69, 9.17) is 9.47 Å². The third-order valence-electron chi connectivity index (χ3n) is 5.24. The first kappa shape index (κ1) is 24.0. The van der Waals surface area contributed by atoms with Gasteiger partial charge in [-0.3, -0.25) is 4.79 Å². The van der Waals surface area contributed by atoms with Crippen LogP contribution in [0.3, 0.4) is 0 Å². The topological polar surface area (TPSA) is 84.9 Å². The summed E-state index contributed by atoms with van der Waals surface area (Å²) in [7, 11) is -2.22. The fraction of sp³-hybridized carbons (Fsp3) is 0.375. The van der Waals surface area contributed by atoms with Crippen molar-refractivity contribution >= 4 is 27.7 Å². The molecule has 0 atom stereocenters. The molecule has 0 spiro atoms. The average Bonchev–Trinajstić information content (AvgIpc) is 2.78. The molecule has 0 unspecified atom stereocenters. The Balaban J connectivity index is 1.76. The fourth-order valence-electron chi connectivity index (χ4n) is 3.32. The van der Waals surface area contributed by atoms with E-state index in [1.807, 2.05) is 24.3 Å². The minimum atomic E-state index is -3.69. The van der Waals surface area contributed by atoms with Crippen LogP contribution in [0.2, 0.25) is 0 Å². The molecule has 32 heavy (non-hydrogen) atoms. The molecule has 1 aliphatic rings. The number of hydrogen-bond donors (Lipinski definition) is 1. The second kappa shape index (κ2) is 9.85. The van der Waals surface area contributed by atoms with E-state index in [9.17, 15) is 13.2 Å². The summed E-state index contributed by atoms with van der Waals surface area (Å²) >= 11 is 0. The van der Waals surface area contributed by atoms with Crippen LogP contribution in [0.1, 0.15) is 31.9 Å². The van der Waals surface area contributed by atoms with Crippen LogP contribution in [0.5, 0.6) is 5.75 Å². The Hall–Kier alpha value is -2.68. The first-order valence-corrected chi connectivity index (χ1v) is 11.9. The molecule has 1 N–H and O–H groups in total. The lowest BCUT2D eigenvalue weighted by Crippen LogP contribution is -2.40. The predicted octanol–water partition coefficient (Wildman–Crippen LogP) is 3.67. The van der Waals surface area contributed by atoms with Crippen LogP contribution >= 0.6 is 0 Å². The third-order valence-corrected chi connectivity index (χ3v) is 7.14.